The zero-order valence-electron chi connectivity index (χ0n) is 18.6. The molecule has 1 amide bonds. The SMILES string of the molecule is CN(CCN(C)c1c(N)ccc(Oc2ccccc2F)c1C(F)(F)F)C(=O)OC(C)(C)C. The molecule has 2 rings (SSSR count). The number of alkyl halides is 3. The Bertz CT molecular complexity index is 958. The number of hydrogen-bond donors (Lipinski definition) is 1. The van der Waals surface area contributed by atoms with Crippen molar-refractivity contribution >= 4 is 17.5 Å². The van der Waals surface area contributed by atoms with Crippen molar-refractivity contribution in [1.29, 1.82) is 0 Å². The highest BCUT2D eigenvalue weighted by Crippen LogP contribution is 2.46. The second-order valence-corrected chi connectivity index (χ2v) is 8.23. The highest BCUT2D eigenvalue weighted by Gasteiger charge is 2.40. The summed E-state index contributed by atoms with van der Waals surface area (Å²) in [6, 6.07) is 7.47. The molecule has 0 aliphatic heterocycles. The van der Waals surface area contributed by atoms with E-state index in [0.29, 0.717) is 0 Å². The minimum absolute atomic E-state index is 0.0200. The molecule has 0 aliphatic rings. The van der Waals surface area contributed by atoms with E-state index < -0.39 is 35.0 Å². The van der Waals surface area contributed by atoms with Crippen molar-refractivity contribution in [3.8, 4) is 11.5 Å². The fraction of sp³-hybridized carbons (Fsp3) is 0.409. The molecule has 0 heterocycles. The first-order valence-electron chi connectivity index (χ1n) is 9.78. The van der Waals surface area contributed by atoms with Gasteiger partial charge in [0.25, 0.3) is 0 Å². The molecule has 6 nitrogen and oxygen atoms in total. The summed E-state index contributed by atoms with van der Waals surface area (Å²) < 4.78 is 66.5. The zero-order valence-corrected chi connectivity index (χ0v) is 18.6. The summed E-state index contributed by atoms with van der Waals surface area (Å²) in [5.41, 5.74) is 3.58. The molecule has 0 aromatic heterocycles. The lowest BCUT2D eigenvalue weighted by Crippen LogP contribution is -2.39. The highest BCUT2D eigenvalue weighted by molar-refractivity contribution is 5.76. The van der Waals surface area contributed by atoms with Crippen LogP contribution >= 0.6 is 0 Å². The molecule has 2 N–H and O–H groups in total. The molecule has 0 atom stereocenters. The average Bonchev–Trinajstić information content (AvgIpc) is 2.66. The number of hydrogen-bond acceptors (Lipinski definition) is 5. The summed E-state index contributed by atoms with van der Waals surface area (Å²) in [4.78, 5) is 14.6. The van der Waals surface area contributed by atoms with Crippen molar-refractivity contribution in [2.45, 2.75) is 32.5 Å². The molecule has 2 aromatic carbocycles. The van der Waals surface area contributed by atoms with Crippen molar-refractivity contribution < 1.29 is 31.8 Å². The van der Waals surface area contributed by atoms with E-state index in [2.05, 4.69) is 0 Å². The lowest BCUT2D eigenvalue weighted by molar-refractivity contribution is -0.138. The van der Waals surface area contributed by atoms with Crippen LogP contribution in [0.15, 0.2) is 36.4 Å². The maximum atomic E-state index is 14.0. The minimum Gasteiger partial charge on any atom is -0.454 e. The predicted molar refractivity (Wildman–Crippen MR) is 114 cm³/mol. The first kappa shape index (κ1) is 25.1. The summed E-state index contributed by atoms with van der Waals surface area (Å²) in [6.45, 7) is 5.22. The van der Waals surface area contributed by atoms with Crippen molar-refractivity contribution in [1.82, 2.24) is 4.90 Å². The van der Waals surface area contributed by atoms with E-state index in [1.54, 1.807) is 20.8 Å². The molecule has 0 unspecified atom stereocenters. The van der Waals surface area contributed by atoms with E-state index in [1.807, 2.05) is 0 Å². The summed E-state index contributed by atoms with van der Waals surface area (Å²) >= 11 is 0. The van der Waals surface area contributed by atoms with E-state index in [0.717, 1.165) is 12.1 Å². The molecular formula is C22H27F4N3O3. The number of nitrogen functional groups attached to an aromatic ring is 1. The Morgan fingerprint density at radius 1 is 1.00 bits per heavy atom. The molecule has 2 aromatic rings. The number of benzene rings is 2. The Kier molecular flexibility index (Phi) is 7.48. The van der Waals surface area contributed by atoms with Gasteiger partial charge in [-0.15, -0.1) is 0 Å². The predicted octanol–water partition coefficient (Wildman–Crippen LogP) is 5.52. The first-order chi connectivity index (χ1) is 14.7. The molecule has 0 fully saturated rings. The summed E-state index contributed by atoms with van der Waals surface area (Å²) in [5, 5.41) is 0. The molecule has 176 valence electrons. The maximum Gasteiger partial charge on any atom is 0.422 e. The van der Waals surface area contributed by atoms with Crippen LogP contribution in [0.3, 0.4) is 0 Å². The van der Waals surface area contributed by atoms with Crippen LogP contribution in [0.1, 0.15) is 26.3 Å². The largest absolute Gasteiger partial charge is 0.454 e. The fourth-order valence-electron chi connectivity index (χ4n) is 2.85. The number of nitrogens with zero attached hydrogens (tertiary/aromatic N) is 2. The molecule has 0 aliphatic carbocycles. The number of nitrogens with two attached hydrogens (primary N) is 1. The van der Waals surface area contributed by atoms with Gasteiger partial charge in [0.1, 0.15) is 16.9 Å². The van der Waals surface area contributed by atoms with E-state index >= 15 is 0 Å². The second kappa shape index (κ2) is 9.54. The van der Waals surface area contributed by atoms with E-state index in [4.69, 9.17) is 15.2 Å². The van der Waals surface area contributed by atoms with Crippen molar-refractivity contribution in [3.63, 3.8) is 0 Å². The lowest BCUT2D eigenvalue weighted by atomic mass is 10.1. The number of carbonyl (C=O) groups is 1. The van der Waals surface area contributed by atoms with Crippen LogP contribution in [0.4, 0.5) is 33.7 Å². The third-order valence-corrected chi connectivity index (χ3v) is 4.37. The summed E-state index contributed by atoms with van der Waals surface area (Å²) in [5.74, 6) is -1.73. The fourth-order valence-corrected chi connectivity index (χ4v) is 2.85. The van der Waals surface area contributed by atoms with Gasteiger partial charge in [-0.2, -0.15) is 13.2 Å². The highest BCUT2D eigenvalue weighted by atomic mass is 19.4. The van der Waals surface area contributed by atoms with Crippen LogP contribution in [0.5, 0.6) is 11.5 Å². The summed E-state index contributed by atoms with van der Waals surface area (Å²) in [7, 11) is 2.89. The molecule has 0 radical (unpaired) electrons. The quantitative estimate of drug-likeness (QED) is 0.457. The molecule has 32 heavy (non-hydrogen) atoms. The second-order valence-electron chi connectivity index (χ2n) is 8.23. The number of likely N-dealkylation sites (N-methyl/N-ethyl adjacent to an activating group) is 2. The number of anilines is 2. The Labute approximate surface area is 184 Å². The van der Waals surface area contributed by atoms with Gasteiger partial charge in [-0.05, 0) is 45.0 Å². The molecule has 10 heteroatoms. The zero-order chi connectivity index (χ0) is 24.3. The van der Waals surface area contributed by atoms with Gasteiger partial charge in [0.2, 0.25) is 0 Å². The van der Waals surface area contributed by atoms with Crippen LogP contribution in [-0.4, -0.2) is 43.8 Å². The minimum atomic E-state index is -4.84. The number of amides is 1. The van der Waals surface area contributed by atoms with Crippen LogP contribution in [0, 0.1) is 5.82 Å². The Balaban J connectivity index is 2.34. The van der Waals surface area contributed by atoms with Crippen LogP contribution in [0.25, 0.3) is 0 Å². The van der Waals surface area contributed by atoms with Gasteiger partial charge in [-0.1, -0.05) is 12.1 Å². The first-order valence-corrected chi connectivity index (χ1v) is 9.78. The van der Waals surface area contributed by atoms with Crippen LogP contribution in [-0.2, 0) is 10.9 Å². The normalized spacial score (nSPS) is 11.8. The number of halogens is 4. The van der Waals surface area contributed by atoms with Crippen molar-refractivity contribution in [2.75, 3.05) is 37.8 Å². The van der Waals surface area contributed by atoms with E-state index in [9.17, 15) is 22.4 Å². The average molecular weight is 457 g/mol. The standard InChI is InChI=1S/C22H27F4N3O3/c1-21(2,3)32-20(30)29(5)13-12-28(4)19-15(27)10-11-17(18(19)22(24,25)26)31-16-9-7-6-8-14(16)23/h6-11H,12-13,27H2,1-5H3. The molecule has 0 saturated heterocycles. The number of ether oxygens (including phenoxy) is 2. The Morgan fingerprint density at radius 3 is 2.19 bits per heavy atom. The number of rotatable bonds is 6. The monoisotopic (exact) mass is 457 g/mol. The third-order valence-electron chi connectivity index (χ3n) is 4.37. The Hall–Kier alpha value is -3.17. The Morgan fingerprint density at radius 2 is 1.62 bits per heavy atom. The van der Waals surface area contributed by atoms with Gasteiger partial charge >= 0.3 is 12.3 Å². The maximum absolute atomic E-state index is 14.0. The topological polar surface area (TPSA) is 68.0 Å². The van der Waals surface area contributed by atoms with Gasteiger partial charge in [0.05, 0.1) is 11.4 Å². The van der Waals surface area contributed by atoms with Crippen molar-refractivity contribution in [3.05, 3.63) is 47.8 Å². The van der Waals surface area contributed by atoms with Gasteiger partial charge in [0.15, 0.2) is 11.6 Å². The molecular weight excluding hydrogens is 430 g/mol. The van der Waals surface area contributed by atoms with Gasteiger partial charge in [0, 0.05) is 27.2 Å². The van der Waals surface area contributed by atoms with E-state index in [1.165, 1.54) is 48.2 Å². The van der Waals surface area contributed by atoms with Gasteiger partial charge in [-0.3, -0.25) is 0 Å². The molecule has 0 spiro atoms. The van der Waals surface area contributed by atoms with E-state index in [-0.39, 0.29) is 30.2 Å². The van der Waals surface area contributed by atoms with Crippen molar-refractivity contribution in [2.24, 2.45) is 0 Å². The summed E-state index contributed by atoms with van der Waals surface area (Å²) in [6.07, 6.45) is -5.44. The lowest BCUT2D eigenvalue weighted by Gasteiger charge is -2.29. The number of carbonyl (C=O) groups excluding carboxylic acids is 1. The smallest absolute Gasteiger partial charge is 0.422 e. The van der Waals surface area contributed by atoms with Crippen LogP contribution in [0.2, 0.25) is 0 Å². The third kappa shape index (κ3) is 6.41. The molecule has 0 saturated carbocycles. The molecule has 0 bridgehead atoms. The van der Waals surface area contributed by atoms with Gasteiger partial charge < -0.3 is 25.0 Å². The van der Waals surface area contributed by atoms with Crippen LogP contribution < -0.4 is 15.4 Å². The van der Waals surface area contributed by atoms with Gasteiger partial charge in [-0.25, -0.2) is 9.18 Å². The number of para-hydroxylation sites is 1.